The molecular formula is C11H17N3O3. The fourth-order valence-electron chi connectivity index (χ4n) is 1.32. The average Bonchev–Trinajstić information content (AvgIpc) is 2.30. The highest BCUT2D eigenvalue weighted by Gasteiger charge is 2.03. The lowest BCUT2D eigenvalue weighted by Crippen LogP contribution is -2.25. The molecule has 1 heterocycles. The molecule has 0 bridgehead atoms. The molecule has 6 nitrogen and oxygen atoms in total. The Bertz CT molecular complexity index is 330. The van der Waals surface area contributed by atoms with Gasteiger partial charge in [-0.25, -0.2) is 0 Å². The van der Waals surface area contributed by atoms with Crippen LogP contribution in [0, 0.1) is 0 Å². The zero-order valence-corrected chi connectivity index (χ0v) is 9.54. The molecule has 0 saturated heterocycles. The van der Waals surface area contributed by atoms with Gasteiger partial charge in [-0.15, -0.1) is 0 Å². The summed E-state index contributed by atoms with van der Waals surface area (Å²) in [6, 6.07) is 0. The first-order chi connectivity index (χ1) is 8.18. The predicted octanol–water partition coefficient (Wildman–Crippen LogP) is -0.384. The SMILES string of the molecule is O=C(CCCC(O)O)NCCc1cnccn1. The maximum absolute atomic E-state index is 11.3. The third-order valence-electron chi connectivity index (χ3n) is 2.19. The first-order valence-corrected chi connectivity index (χ1v) is 5.56. The van der Waals surface area contributed by atoms with Gasteiger partial charge >= 0.3 is 0 Å². The van der Waals surface area contributed by atoms with Crippen LogP contribution in [-0.2, 0) is 11.2 Å². The minimum Gasteiger partial charge on any atom is -0.368 e. The van der Waals surface area contributed by atoms with Gasteiger partial charge in [-0.3, -0.25) is 14.8 Å². The second-order valence-corrected chi connectivity index (χ2v) is 3.67. The largest absolute Gasteiger partial charge is 0.368 e. The Kier molecular flexibility index (Phi) is 6.13. The number of hydrogen-bond donors (Lipinski definition) is 3. The molecule has 0 spiro atoms. The monoisotopic (exact) mass is 239 g/mol. The third-order valence-corrected chi connectivity index (χ3v) is 2.19. The molecule has 1 rings (SSSR count). The first kappa shape index (κ1) is 13.5. The molecule has 6 heteroatoms. The fraction of sp³-hybridized carbons (Fsp3) is 0.545. The van der Waals surface area contributed by atoms with E-state index in [1.165, 1.54) is 0 Å². The normalized spacial score (nSPS) is 10.5. The van der Waals surface area contributed by atoms with E-state index in [1.807, 2.05) is 0 Å². The molecule has 0 aliphatic carbocycles. The zero-order chi connectivity index (χ0) is 12.5. The van der Waals surface area contributed by atoms with Crippen molar-refractivity contribution >= 4 is 5.91 Å². The number of amides is 1. The van der Waals surface area contributed by atoms with Crippen molar-refractivity contribution in [2.24, 2.45) is 0 Å². The van der Waals surface area contributed by atoms with Gasteiger partial charge in [0.05, 0.1) is 5.69 Å². The topological polar surface area (TPSA) is 95.3 Å². The Hall–Kier alpha value is -1.53. The van der Waals surface area contributed by atoms with Gasteiger partial charge in [0.2, 0.25) is 5.91 Å². The molecular weight excluding hydrogens is 222 g/mol. The Morgan fingerprint density at radius 1 is 1.41 bits per heavy atom. The van der Waals surface area contributed by atoms with Crippen molar-refractivity contribution in [2.45, 2.75) is 32.0 Å². The van der Waals surface area contributed by atoms with E-state index in [9.17, 15) is 4.79 Å². The van der Waals surface area contributed by atoms with Crippen molar-refractivity contribution in [3.05, 3.63) is 24.3 Å². The van der Waals surface area contributed by atoms with Gasteiger partial charge in [0.1, 0.15) is 0 Å². The summed E-state index contributed by atoms with van der Waals surface area (Å²) in [7, 11) is 0. The standard InChI is InChI=1S/C11H17N3O3/c15-10(2-1-3-11(16)17)14-5-4-9-8-12-6-7-13-9/h6-8,11,16-17H,1-5H2,(H,14,15). The van der Waals surface area contributed by atoms with Crippen LogP contribution in [0.5, 0.6) is 0 Å². The summed E-state index contributed by atoms with van der Waals surface area (Å²) in [6.07, 6.45) is 5.17. The summed E-state index contributed by atoms with van der Waals surface area (Å²) in [5, 5.41) is 19.9. The van der Waals surface area contributed by atoms with E-state index in [4.69, 9.17) is 10.2 Å². The number of hydrogen-bond acceptors (Lipinski definition) is 5. The maximum Gasteiger partial charge on any atom is 0.220 e. The minimum atomic E-state index is -1.33. The van der Waals surface area contributed by atoms with Gasteiger partial charge in [-0.2, -0.15) is 0 Å². The molecule has 0 aliphatic rings. The highest BCUT2D eigenvalue weighted by atomic mass is 16.5. The van der Waals surface area contributed by atoms with E-state index in [0.717, 1.165) is 5.69 Å². The number of aromatic nitrogens is 2. The van der Waals surface area contributed by atoms with Crippen molar-refractivity contribution in [3.63, 3.8) is 0 Å². The van der Waals surface area contributed by atoms with Crippen LogP contribution >= 0.6 is 0 Å². The van der Waals surface area contributed by atoms with Crippen molar-refractivity contribution in [2.75, 3.05) is 6.54 Å². The number of nitrogens with one attached hydrogen (secondary N) is 1. The Morgan fingerprint density at radius 2 is 2.24 bits per heavy atom. The van der Waals surface area contributed by atoms with Crippen molar-refractivity contribution in [1.82, 2.24) is 15.3 Å². The number of carbonyl (C=O) groups excluding carboxylic acids is 1. The maximum atomic E-state index is 11.3. The zero-order valence-electron chi connectivity index (χ0n) is 9.54. The highest BCUT2D eigenvalue weighted by molar-refractivity contribution is 5.75. The van der Waals surface area contributed by atoms with E-state index in [-0.39, 0.29) is 12.3 Å². The second-order valence-electron chi connectivity index (χ2n) is 3.67. The number of aliphatic hydroxyl groups excluding tert-OH is 1. The summed E-state index contributed by atoms with van der Waals surface area (Å²) in [5.74, 6) is -0.0884. The number of rotatable bonds is 7. The van der Waals surface area contributed by atoms with Crippen LogP contribution in [0.1, 0.15) is 25.0 Å². The molecule has 0 saturated carbocycles. The lowest BCUT2D eigenvalue weighted by atomic mass is 10.2. The van der Waals surface area contributed by atoms with Gasteiger partial charge in [0.25, 0.3) is 0 Å². The van der Waals surface area contributed by atoms with Crippen LogP contribution in [0.2, 0.25) is 0 Å². The smallest absolute Gasteiger partial charge is 0.220 e. The van der Waals surface area contributed by atoms with E-state index in [0.29, 0.717) is 25.8 Å². The quantitative estimate of drug-likeness (QED) is 0.563. The van der Waals surface area contributed by atoms with Crippen LogP contribution in [0.3, 0.4) is 0 Å². The molecule has 0 aliphatic heterocycles. The summed E-state index contributed by atoms with van der Waals surface area (Å²) in [6.45, 7) is 0.513. The summed E-state index contributed by atoms with van der Waals surface area (Å²) in [4.78, 5) is 19.3. The van der Waals surface area contributed by atoms with Crippen molar-refractivity contribution < 1.29 is 15.0 Å². The van der Waals surface area contributed by atoms with Crippen LogP contribution in [0.25, 0.3) is 0 Å². The highest BCUT2D eigenvalue weighted by Crippen LogP contribution is 1.98. The van der Waals surface area contributed by atoms with Crippen LogP contribution in [0.15, 0.2) is 18.6 Å². The second kappa shape index (κ2) is 7.70. The van der Waals surface area contributed by atoms with Gasteiger partial charge in [-0.05, 0) is 12.8 Å². The molecule has 3 N–H and O–H groups in total. The van der Waals surface area contributed by atoms with Crippen LogP contribution in [0.4, 0.5) is 0 Å². The fourth-order valence-corrected chi connectivity index (χ4v) is 1.32. The lowest BCUT2D eigenvalue weighted by molar-refractivity contribution is -0.121. The molecule has 0 fully saturated rings. The third kappa shape index (κ3) is 6.60. The molecule has 0 atom stereocenters. The van der Waals surface area contributed by atoms with E-state index >= 15 is 0 Å². The molecule has 0 aromatic carbocycles. The molecule has 94 valence electrons. The molecule has 0 unspecified atom stereocenters. The minimum absolute atomic E-state index is 0.0884. The first-order valence-electron chi connectivity index (χ1n) is 5.56. The summed E-state index contributed by atoms with van der Waals surface area (Å²) < 4.78 is 0. The van der Waals surface area contributed by atoms with Crippen molar-refractivity contribution in [3.8, 4) is 0 Å². The van der Waals surface area contributed by atoms with E-state index in [2.05, 4.69) is 15.3 Å². The van der Waals surface area contributed by atoms with Gasteiger partial charge in [0, 0.05) is 38.0 Å². The molecule has 1 amide bonds. The number of aliphatic hydroxyl groups is 2. The Balaban J connectivity index is 2.08. The van der Waals surface area contributed by atoms with E-state index in [1.54, 1.807) is 18.6 Å². The van der Waals surface area contributed by atoms with Gasteiger partial charge in [0.15, 0.2) is 6.29 Å². The average molecular weight is 239 g/mol. The van der Waals surface area contributed by atoms with E-state index < -0.39 is 6.29 Å². The summed E-state index contributed by atoms with van der Waals surface area (Å²) in [5.41, 5.74) is 0.832. The van der Waals surface area contributed by atoms with Crippen LogP contribution < -0.4 is 5.32 Å². The summed E-state index contributed by atoms with van der Waals surface area (Å²) >= 11 is 0. The predicted molar refractivity (Wildman–Crippen MR) is 60.8 cm³/mol. The van der Waals surface area contributed by atoms with Gasteiger partial charge < -0.3 is 15.5 Å². The van der Waals surface area contributed by atoms with Crippen molar-refractivity contribution in [1.29, 1.82) is 0 Å². The lowest BCUT2D eigenvalue weighted by Gasteiger charge is -2.05. The van der Waals surface area contributed by atoms with Gasteiger partial charge in [-0.1, -0.05) is 0 Å². The Morgan fingerprint density at radius 3 is 2.88 bits per heavy atom. The van der Waals surface area contributed by atoms with Crippen LogP contribution in [-0.4, -0.2) is 38.9 Å². The number of carbonyl (C=O) groups is 1. The Labute approximate surface area is 99.7 Å². The molecule has 1 aromatic rings. The number of nitrogens with zero attached hydrogens (tertiary/aromatic N) is 2. The molecule has 17 heavy (non-hydrogen) atoms. The molecule has 1 aromatic heterocycles. The molecule has 0 radical (unpaired) electrons.